The number of nitrogens with zero attached hydrogens (tertiary/aromatic N) is 2. The van der Waals surface area contributed by atoms with E-state index in [1.165, 1.54) is 12.1 Å². The Balaban J connectivity index is 2.19. The Morgan fingerprint density at radius 2 is 2.05 bits per heavy atom. The lowest BCUT2D eigenvalue weighted by Gasteiger charge is -2.07. The monoisotopic (exact) mass is 267 g/mol. The Kier molecular flexibility index (Phi) is 2.68. The first kappa shape index (κ1) is 12.2. The van der Waals surface area contributed by atoms with Crippen molar-refractivity contribution >= 4 is 16.8 Å². The third-order valence-electron chi connectivity index (χ3n) is 3.34. The molecule has 3 N–H and O–H groups in total. The van der Waals surface area contributed by atoms with Crippen LogP contribution in [-0.2, 0) is 7.05 Å². The van der Waals surface area contributed by atoms with Crippen molar-refractivity contribution in [3.8, 4) is 16.9 Å². The second-order valence-electron chi connectivity index (χ2n) is 4.64. The van der Waals surface area contributed by atoms with E-state index < -0.39 is 5.91 Å². The number of carbonyl (C=O) groups is 1. The normalized spacial score (nSPS) is 10.8. The zero-order valence-electron chi connectivity index (χ0n) is 10.9. The molecule has 0 fully saturated rings. The number of aromatic hydroxyl groups is 1. The molecule has 3 aromatic rings. The number of phenolic OH excluding ortho intramolecular Hbond substituents is 1. The van der Waals surface area contributed by atoms with Gasteiger partial charge in [0, 0.05) is 23.6 Å². The van der Waals surface area contributed by atoms with E-state index in [0.717, 1.165) is 16.5 Å². The molecule has 20 heavy (non-hydrogen) atoms. The number of primary amides is 1. The SMILES string of the molecule is Cn1ncc2cc(-c3cc(C(N)=O)ccc3O)ccc21. The average Bonchev–Trinajstić information content (AvgIpc) is 2.80. The number of aromatic nitrogens is 2. The van der Waals surface area contributed by atoms with Gasteiger partial charge in [0.2, 0.25) is 5.91 Å². The number of fused-ring (bicyclic) bond motifs is 1. The first-order valence-corrected chi connectivity index (χ1v) is 6.11. The highest BCUT2D eigenvalue weighted by molar-refractivity contribution is 5.95. The molecule has 1 amide bonds. The van der Waals surface area contributed by atoms with E-state index in [2.05, 4.69) is 5.10 Å². The summed E-state index contributed by atoms with van der Waals surface area (Å²) in [7, 11) is 1.87. The molecule has 1 heterocycles. The second-order valence-corrected chi connectivity index (χ2v) is 4.64. The Morgan fingerprint density at radius 3 is 2.80 bits per heavy atom. The van der Waals surface area contributed by atoms with Crippen molar-refractivity contribution in [1.29, 1.82) is 0 Å². The highest BCUT2D eigenvalue weighted by atomic mass is 16.3. The summed E-state index contributed by atoms with van der Waals surface area (Å²) in [6, 6.07) is 10.3. The molecule has 0 unspecified atom stereocenters. The largest absolute Gasteiger partial charge is 0.507 e. The van der Waals surface area contributed by atoms with Gasteiger partial charge in [-0.25, -0.2) is 0 Å². The Bertz CT molecular complexity index is 821. The molecular weight excluding hydrogens is 254 g/mol. The number of rotatable bonds is 2. The van der Waals surface area contributed by atoms with Crippen molar-refractivity contribution in [1.82, 2.24) is 9.78 Å². The van der Waals surface area contributed by atoms with Crippen LogP contribution in [0.1, 0.15) is 10.4 Å². The van der Waals surface area contributed by atoms with Gasteiger partial charge < -0.3 is 10.8 Å². The van der Waals surface area contributed by atoms with Crippen molar-refractivity contribution in [3.05, 3.63) is 48.2 Å². The molecule has 0 aliphatic carbocycles. The van der Waals surface area contributed by atoms with Gasteiger partial charge in [-0.05, 0) is 35.9 Å². The van der Waals surface area contributed by atoms with Gasteiger partial charge in [0.25, 0.3) is 0 Å². The Morgan fingerprint density at radius 1 is 1.25 bits per heavy atom. The lowest BCUT2D eigenvalue weighted by molar-refractivity contribution is 0.100. The highest BCUT2D eigenvalue weighted by Gasteiger charge is 2.10. The van der Waals surface area contributed by atoms with Crippen LogP contribution in [0.2, 0.25) is 0 Å². The Hall–Kier alpha value is -2.82. The summed E-state index contributed by atoms with van der Waals surface area (Å²) in [6.45, 7) is 0. The molecule has 1 aromatic heterocycles. The fourth-order valence-corrected chi connectivity index (χ4v) is 2.25. The molecule has 0 saturated heterocycles. The molecule has 5 heteroatoms. The number of nitrogens with two attached hydrogens (primary N) is 1. The van der Waals surface area contributed by atoms with Crippen LogP contribution in [0.15, 0.2) is 42.6 Å². The summed E-state index contributed by atoms with van der Waals surface area (Å²) in [5.74, 6) is -0.410. The summed E-state index contributed by atoms with van der Waals surface area (Å²) < 4.78 is 1.78. The third kappa shape index (κ3) is 1.89. The van der Waals surface area contributed by atoms with Gasteiger partial charge in [0.15, 0.2) is 0 Å². The minimum atomic E-state index is -0.520. The average molecular weight is 267 g/mol. The molecule has 0 aliphatic heterocycles. The standard InChI is InChI=1S/C15H13N3O2/c1-18-13-4-2-9(6-11(13)8-17-18)12-7-10(15(16)20)3-5-14(12)19/h2-8,19H,1H3,(H2,16,20). The second kappa shape index (κ2) is 4.38. The minimum absolute atomic E-state index is 0.109. The van der Waals surface area contributed by atoms with Gasteiger partial charge in [0.05, 0.1) is 11.7 Å². The number of carbonyl (C=O) groups excluding carboxylic acids is 1. The number of aryl methyl sites for hydroxylation is 1. The topological polar surface area (TPSA) is 81.1 Å². The molecule has 0 radical (unpaired) electrons. The highest BCUT2D eigenvalue weighted by Crippen LogP contribution is 2.31. The molecule has 0 bridgehead atoms. The quantitative estimate of drug-likeness (QED) is 0.745. The van der Waals surface area contributed by atoms with E-state index in [0.29, 0.717) is 11.1 Å². The van der Waals surface area contributed by atoms with Crippen molar-refractivity contribution in [2.45, 2.75) is 0 Å². The molecule has 2 aromatic carbocycles. The van der Waals surface area contributed by atoms with Gasteiger partial charge in [-0.3, -0.25) is 9.48 Å². The molecule has 0 saturated carbocycles. The summed E-state index contributed by atoms with van der Waals surface area (Å²) in [6.07, 6.45) is 1.76. The maximum atomic E-state index is 11.2. The van der Waals surface area contributed by atoms with Crippen molar-refractivity contribution in [2.75, 3.05) is 0 Å². The van der Waals surface area contributed by atoms with Crippen molar-refractivity contribution < 1.29 is 9.90 Å². The van der Waals surface area contributed by atoms with E-state index in [9.17, 15) is 9.90 Å². The zero-order chi connectivity index (χ0) is 14.3. The van der Waals surface area contributed by atoms with Gasteiger partial charge in [-0.2, -0.15) is 5.10 Å². The fraction of sp³-hybridized carbons (Fsp3) is 0.0667. The van der Waals surface area contributed by atoms with Crippen LogP contribution in [0.25, 0.3) is 22.0 Å². The molecule has 5 nitrogen and oxygen atoms in total. The third-order valence-corrected chi connectivity index (χ3v) is 3.34. The van der Waals surface area contributed by atoms with E-state index in [1.54, 1.807) is 16.9 Å². The van der Waals surface area contributed by atoms with Crippen LogP contribution in [0.3, 0.4) is 0 Å². The van der Waals surface area contributed by atoms with Gasteiger partial charge in [-0.1, -0.05) is 6.07 Å². The summed E-state index contributed by atoms with van der Waals surface area (Å²) in [4.78, 5) is 11.2. The zero-order valence-corrected chi connectivity index (χ0v) is 10.9. The molecule has 0 spiro atoms. The summed E-state index contributed by atoms with van der Waals surface area (Å²) >= 11 is 0. The predicted molar refractivity (Wildman–Crippen MR) is 76.3 cm³/mol. The van der Waals surface area contributed by atoms with Crippen LogP contribution in [-0.4, -0.2) is 20.8 Å². The van der Waals surface area contributed by atoms with Gasteiger partial charge >= 0.3 is 0 Å². The lowest BCUT2D eigenvalue weighted by atomic mass is 10.0. The van der Waals surface area contributed by atoms with E-state index >= 15 is 0 Å². The van der Waals surface area contributed by atoms with Gasteiger partial charge in [-0.15, -0.1) is 0 Å². The smallest absolute Gasteiger partial charge is 0.248 e. The lowest BCUT2D eigenvalue weighted by Crippen LogP contribution is -2.10. The van der Waals surface area contributed by atoms with Crippen LogP contribution in [0.4, 0.5) is 0 Å². The van der Waals surface area contributed by atoms with Crippen LogP contribution >= 0.6 is 0 Å². The maximum absolute atomic E-state index is 11.2. The number of benzene rings is 2. The number of amides is 1. The van der Waals surface area contributed by atoms with Crippen molar-refractivity contribution in [3.63, 3.8) is 0 Å². The number of hydrogen-bond donors (Lipinski definition) is 2. The van der Waals surface area contributed by atoms with E-state index in [4.69, 9.17) is 5.73 Å². The van der Waals surface area contributed by atoms with E-state index in [-0.39, 0.29) is 5.75 Å². The van der Waals surface area contributed by atoms with Crippen molar-refractivity contribution in [2.24, 2.45) is 12.8 Å². The summed E-state index contributed by atoms with van der Waals surface area (Å²) in [5.41, 5.74) is 8.02. The predicted octanol–water partition coefficient (Wildman–Crippen LogP) is 2.04. The molecule has 100 valence electrons. The first-order valence-electron chi connectivity index (χ1n) is 6.11. The number of hydrogen-bond acceptors (Lipinski definition) is 3. The summed E-state index contributed by atoms with van der Waals surface area (Å²) in [5, 5.41) is 15.1. The fourth-order valence-electron chi connectivity index (χ4n) is 2.25. The maximum Gasteiger partial charge on any atom is 0.248 e. The molecular formula is C15H13N3O2. The molecule has 0 aliphatic rings. The van der Waals surface area contributed by atoms with Crippen LogP contribution in [0, 0.1) is 0 Å². The van der Waals surface area contributed by atoms with Crippen LogP contribution < -0.4 is 5.73 Å². The Labute approximate surface area is 115 Å². The van der Waals surface area contributed by atoms with E-state index in [1.807, 2.05) is 25.2 Å². The molecule has 0 atom stereocenters. The molecule has 3 rings (SSSR count). The number of phenols is 1. The van der Waals surface area contributed by atoms with Gasteiger partial charge in [0.1, 0.15) is 5.75 Å². The minimum Gasteiger partial charge on any atom is -0.507 e. The van der Waals surface area contributed by atoms with Crippen LogP contribution in [0.5, 0.6) is 5.75 Å². The first-order chi connectivity index (χ1) is 9.56.